The molecule has 9 heteroatoms. The second kappa shape index (κ2) is 9.05. The molecular weight excluding hydrogens is 460 g/mol. The number of hydrogen-bond donors (Lipinski definition) is 0. The van der Waals surface area contributed by atoms with Crippen molar-refractivity contribution in [1.29, 1.82) is 0 Å². The fraction of sp³-hybridized carbons (Fsp3) is 0.346. The second-order valence-electron chi connectivity index (χ2n) is 9.49. The molecular formula is C26H30N6O2S. The average Bonchev–Trinajstić information content (AvgIpc) is 3.38. The smallest absolute Gasteiger partial charge is 0.254 e. The largest absolute Gasteiger partial charge is 0.353 e. The van der Waals surface area contributed by atoms with Crippen molar-refractivity contribution in [1.82, 2.24) is 23.9 Å². The van der Waals surface area contributed by atoms with Gasteiger partial charge in [-0.25, -0.2) is 13.4 Å². The molecule has 0 radical (unpaired) electrons. The molecule has 5 rings (SSSR count). The van der Waals surface area contributed by atoms with Crippen LogP contribution in [0, 0.1) is 0 Å². The van der Waals surface area contributed by atoms with E-state index in [9.17, 15) is 8.42 Å². The highest BCUT2D eigenvalue weighted by molar-refractivity contribution is 7.89. The van der Waals surface area contributed by atoms with Gasteiger partial charge >= 0.3 is 0 Å². The molecule has 35 heavy (non-hydrogen) atoms. The quantitative estimate of drug-likeness (QED) is 0.406. The molecule has 0 unspecified atom stereocenters. The van der Waals surface area contributed by atoms with E-state index in [2.05, 4.69) is 40.7 Å². The van der Waals surface area contributed by atoms with Crippen LogP contribution in [0.3, 0.4) is 0 Å². The summed E-state index contributed by atoms with van der Waals surface area (Å²) in [7, 11) is -3.57. The summed E-state index contributed by atoms with van der Waals surface area (Å²) in [5.74, 6) is 1.40. The molecule has 0 saturated carbocycles. The molecule has 0 bridgehead atoms. The van der Waals surface area contributed by atoms with E-state index < -0.39 is 10.0 Å². The van der Waals surface area contributed by atoms with Crippen LogP contribution in [0.1, 0.15) is 32.8 Å². The molecule has 0 atom stereocenters. The first-order chi connectivity index (χ1) is 16.8. The molecule has 4 aromatic rings. The molecule has 1 fully saturated rings. The van der Waals surface area contributed by atoms with E-state index in [-0.39, 0.29) is 5.41 Å². The zero-order valence-corrected chi connectivity index (χ0v) is 21.1. The van der Waals surface area contributed by atoms with Crippen LogP contribution in [-0.4, -0.2) is 58.5 Å². The average molecular weight is 491 g/mol. The third kappa shape index (κ3) is 4.30. The number of piperazine rings is 1. The molecule has 1 saturated heterocycles. The molecule has 8 nitrogen and oxygen atoms in total. The number of hydrogen-bond acceptors (Lipinski definition) is 6. The van der Waals surface area contributed by atoms with Crippen molar-refractivity contribution in [3.63, 3.8) is 0 Å². The van der Waals surface area contributed by atoms with Gasteiger partial charge in [0.15, 0.2) is 0 Å². The van der Waals surface area contributed by atoms with Gasteiger partial charge in [-0.3, -0.25) is 0 Å². The fourth-order valence-corrected chi connectivity index (χ4v) is 5.89. The van der Waals surface area contributed by atoms with Crippen molar-refractivity contribution in [3.8, 4) is 11.1 Å². The van der Waals surface area contributed by atoms with Crippen LogP contribution in [0.25, 0.3) is 16.9 Å². The highest BCUT2D eigenvalue weighted by atomic mass is 32.2. The lowest BCUT2D eigenvalue weighted by atomic mass is 9.82. The monoisotopic (exact) mass is 490 g/mol. The number of sulfonamides is 1. The molecule has 0 spiro atoms. The molecule has 0 amide bonds. The predicted octanol–water partition coefficient (Wildman–Crippen LogP) is 3.99. The standard InChI is InChI=1S/C26H30N6O2S/c1-4-26(2,3)21-10-12-22(13-11-21)35(33,34)31-16-14-30(15-17-31)24-23(20-8-6-5-7-9-20)18-27-25-28-19-29-32(24)25/h5-13,18-19H,4,14-17H2,1-3H3. The minimum atomic E-state index is -3.57. The zero-order valence-electron chi connectivity index (χ0n) is 20.3. The lowest BCUT2D eigenvalue weighted by Crippen LogP contribution is -2.49. The van der Waals surface area contributed by atoms with Gasteiger partial charge in [0.25, 0.3) is 5.78 Å². The Bertz CT molecular complexity index is 1420. The number of nitrogens with zero attached hydrogens (tertiary/aromatic N) is 6. The molecule has 2 aromatic heterocycles. The van der Waals surface area contributed by atoms with Gasteiger partial charge in [-0.1, -0.05) is 63.2 Å². The molecule has 2 aromatic carbocycles. The van der Waals surface area contributed by atoms with E-state index in [1.165, 1.54) is 6.33 Å². The van der Waals surface area contributed by atoms with Crippen molar-refractivity contribution in [2.45, 2.75) is 37.5 Å². The molecule has 182 valence electrons. The minimum Gasteiger partial charge on any atom is -0.353 e. The Morgan fingerprint density at radius 1 is 0.914 bits per heavy atom. The number of aromatic nitrogens is 4. The van der Waals surface area contributed by atoms with Crippen molar-refractivity contribution < 1.29 is 8.42 Å². The Hall–Kier alpha value is -3.30. The maximum atomic E-state index is 13.4. The molecule has 0 aliphatic carbocycles. The number of fused-ring (bicyclic) bond motifs is 1. The van der Waals surface area contributed by atoms with Crippen LogP contribution in [0.2, 0.25) is 0 Å². The molecule has 1 aliphatic heterocycles. The summed E-state index contributed by atoms with van der Waals surface area (Å²) in [5, 5.41) is 4.40. The summed E-state index contributed by atoms with van der Waals surface area (Å²) >= 11 is 0. The first-order valence-corrected chi connectivity index (χ1v) is 13.3. The number of rotatable bonds is 6. The van der Waals surface area contributed by atoms with Crippen LogP contribution >= 0.6 is 0 Å². The Morgan fingerprint density at radius 3 is 2.26 bits per heavy atom. The lowest BCUT2D eigenvalue weighted by molar-refractivity contribution is 0.383. The molecule has 3 heterocycles. The Labute approximate surface area is 206 Å². The summed E-state index contributed by atoms with van der Waals surface area (Å²) in [6.07, 6.45) is 4.29. The minimum absolute atomic E-state index is 0.0155. The SMILES string of the molecule is CCC(C)(C)c1ccc(S(=O)(=O)N2CCN(c3c(-c4ccccc4)cnc4ncnn34)CC2)cc1. The normalized spacial score (nSPS) is 15.6. The highest BCUT2D eigenvalue weighted by Crippen LogP contribution is 2.32. The van der Waals surface area contributed by atoms with Gasteiger partial charge in [0, 0.05) is 37.9 Å². The van der Waals surface area contributed by atoms with Gasteiger partial charge in [0.2, 0.25) is 10.0 Å². The maximum absolute atomic E-state index is 13.4. The third-order valence-electron chi connectivity index (χ3n) is 7.06. The lowest BCUT2D eigenvalue weighted by Gasteiger charge is -2.36. The van der Waals surface area contributed by atoms with Crippen molar-refractivity contribution in [2.75, 3.05) is 31.1 Å². The maximum Gasteiger partial charge on any atom is 0.254 e. The summed E-state index contributed by atoms with van der Waals surface area (Å²) in [5.41, 5.74) is 3.13. The first kappa shape index (κ1) is 23.4. The highest BCUT2D eigenvalue weighted by Gasteiger charge is 2.31. The van der Waals surface area contributed by atoms with Gasteiger partial charge in [0.1, 0.15) is 12.1 Å². The summed E-state index contributed by atoms with van der Waals surface area (Å²) < 4.78 is 30.1. The van der Waals surface area contributed by atoms with E-state index in [1.807, 2.05) is 48.7 Å². The van der Waals surface area contributed by atoms with Gasteiger partial charge in [-0.15, -0.1) is 0 Å². The van der Waals surface area contributed by atoms with Gasteiger partial charge in [0.05, 0.1) is 4.90 Å². The zero-order chi connectivity index (χ0) is 24.6. The third-order valence-corrected chi connectivity index (χ3v) is 8.97. The summed E-state index contributed by atoms with van der Waals surface area (Å²) in [6.45, 7) is 8.34. The van der Waals surface area contributed by atoms with E-state index in [4.69, 9.17) is 0 Å². The van der Waals surface area contributed by atoms with Crippen LogP contribution in [-0.2, 0) is 15.4 Å². The predicted molar refractivity (Wildman–Crippen MR) is 137 cm³/mol. The van der Waals surface area contributed by atoms with E-state index in [0.29, 0.717) is 36.9 Å². The Balaban J connectivity index is 1.40. The topological polar surface area (TPSA) is 83.7 Å². The first-order valence-electron chi connectivity index (χ1n) is 11.9. The van der Waals surface area contributed by atoms with Crippen molar-refractivity contribution >= 4 is 21.6 Å². The van der Waals surface area contributed by atoms with Crippen LogP contribution < -0.4 is 4.90 Å². The van der Waals surface area contributed by atoms with E-state index in [0.717, 1.165) is 28.9 Å². The fourth-order valence-electron chi connectivity index (χ4n) is 4.46. The Morgan fingerprint density at radius 2 is 1.60 bits per heavy atom. The van der Waals surface area contributed by atoms with Gasteiger partial charge in [-0.05, 0) is 35.1 Å². The van der Waals surface area contributed by atoms with E-state index in [1.54, 1.807) is 21.0 Å². The van der Waals surface area contributed by atoms with Gasteiger partial charge < -0.3 is 4.90 Å². The molecule has 1 aliphatic rings. The second-order valence-corrected chi connectivity index (χ2v) is 11.4. The van der Waals surface area contributed by atoms with Gasteiger partial charge in [-0.2, -0.15) is 18.9 Å². The van der Waals surface area contributed by atoms with Crippen LogP contribution in [0.15, 0.2) is 72.0 Å². The van der Waals surface area contributed by atoms with Crippen LogP contribution in [0.4, 0.5) is 5.82 Å². The number of benzene rings is 2. The summed E-state index contributed by atoms with van der Waals surface area (Å²) in [4.78, 5) is 11.2. The van der Waals surface area contributed by atoms with Crippen molar-refractivity contribution in [2.24, 2.45) is 0 Å². The summed E-state index contributed by atoms with van der Waals surface area (Å²) in [6, 6.07) is 17.4. The van der Waals surface area contributed by atoms with E-state index >= 15 is 0 Å². The number of anilines is 1. The van der Waals surface area contributed by atoms with Crippen LogP contribution in [0.5, 0.6) is 0 Å². The Kier molecular flexibility index (Phi) is 6.06. The van der Waals surface area contributed by atoms with Crippen molar-refractivity contribution in [3.05, 3.63) is 72.7 Å². The molecule has 0 N–H and O–H groups in total.